The highest BCUT2D eigenvalue weighted by Crippen LogP contribution is 2.47. The Kier molecular flexibility index (Phi) is 2.08. The molecule has 0 unspecified atom stereocenters. The molecule has 0 atom stereocenters. The van der Waals surface area contributed by atoms with E-state index in [1.165, 1.54) is 0 Å². The van der Waals surface area contributed by atoms with Crippen molar-refractivity contribution in [3.63, 3.8) is 0 Å². The molecule has 42 heavy (non-hydrogen) atoms. The molecule has 2 heterocycles. The average molecular weight is 561 g/mol. The zero-order chi connectivity index (χ0) is 48.5. The molecule has 0 saturated carbocycles. The van der Waals surface area contributed by atoms with Crippen LogP contribution < -0.4 is 0 Å². The number of hydrogen-bond donors (Lipinski definition) is 0. The van der Waals surface area contributed by atoms with Crippen LogP contribution in [0.4, 0.5) is 0 Å². The quantitative estimate of drug-likeness (QED) is 0.201. The number of benzene rings is 7. The lowest BCUT2D eigenvalue weighted by Gasteiger charge is -2.17. The minimum absolute atomic E-state index is 0.388. The zero-order valence-corrected chi connectivity index (χ0v) is 20.8. The Bertz CT molecular complexity index is 3670. The molecule has 0 aliphatic carbocycles. The van der Waals surface area contributed by atoms with E-state index in [4.69, 9.17) is 33.5 Å². The van der Waals surface area contributed by atoms with Crippen LogP contribution in [-0.2, 0) is 0 Å². The number of fused-ring (bicyclic) bond motifs is 7. The summed E-state index contributed by atoms with van der Waals surface area (Å²) in [5, 5.41) is -3.87. The molecule has 0 aliphatic heterocycles. The van der Waals surface area contributed by atoms with E-state index in [2.05, 4.69) is 0 Å². The second kappa shape index (κ2) is 8.95. The molecular weight excluding hydrogens is 512 g/mol. The summed E-state index contributed by atoms with van der Waals surface area (Å²) in [7, 11) is 0. The van der Waals surface area contributed by atoms with Gasteiger partial charge in [-0.1, -0.05) is 127 Å². The van der Waals surface area contributed by atoms with E-state index in [9.17, 15) is 8.22 Å². The third-order valence-corrected chi connectivity index (χ3v) is 6.81. The van der Waals surface area contributed by atoms with Crippen molar-refractivity contribution in [2.24, 2.45) is 0 Å². The molecule has 0 radical (unpaired) electrons. The van der Waals surface area contributed by atoms with Gasteiger partial charge in [-0.3, -0.25) is 0 Å². The predicted octanol–water partition coefficient (Wildman–Crippen LogP) is 11.6. The summed E-state index contributed by atoms with van der Waals surface area (Å²) in [6, 6.07) is -20.5. The zero-order valence-electron chi connectivity index (χ0n) is 44.8. The first kappa shape index (κ1) is 9.75. The van der Waals surface area contributed by atoms with Gasteiger partial charge in [-0.25, -0.2) is 0 Å². The lowest BCUT2D eigenvalue weighted by Crippen LogP contribution is -1.90. The van der Waals surface area contributed by atoms with Gasteiger partial charge in [-0.2, -0.15) is 0 Å². The highest BCUT2D eigenvalue weighted by Gasteiger charge is 2.21. The maximum absolute atomic E-state index is 9.39. The largest absolute Gasteiger partial charge is 0.455 e. The molecule has 0 saturated heterocycles. The fourth-order valence-corrected chi connectivity index (χ4v) is 5.13. The Morgan fingerprint density at radius 1 is 0.429 bits per heavy atom. The molecule has 7 aromatic carbocycles. The van der Waals surface area contributed by atoms with Crippen molar-refractivity contribution in [3.05, 3.63) is 145 Å². The predicted molar refractivity (Wildman–Crippen MR) is 175 cm³/mol. The standard InChI is InChI=1S/C40H24O2/c1-3-12-25(13-4-1)35-24-27-22-23-34-38(39(27)42-35)33-21-11-20-32(40(33)41-34)37-30-18-9-7-16-28(30)36(26-14-5-2-6-15-26)29-17-8-10-19-31(29)37/h1-24H/i1D,2D,3D,4D,5D,6D,7D,8D,9D,10D,11D,12D,13D,14D,15D,16D,17D,18D,19D,20D,21D,22D,23D,24D. The molecule has 0 fully saturated rings. The molecule has 0 amide bonds. The SMILES string of the molecule is [2H]c1c([2H])c([2H])c(-c2oc3c(c2[2H])c([2H])c([2H])c2oc4c(-c5c6c([2H])c([2H])c([2H])c([2H])c6c(-c6c([2H])c([2H])c([2H])c([2H])c6[2H])c6c([2H])c([2H])c([2H])c([2H])c56)c([2H])c([2H])c([2H])c4c23)c([2H])c1[2H]. The third kappa shape index (κ3) is 3.33. The lowest BCUT2D eigenvalue weighted by molar-refractivity contribution is 0.633. The first-order chi connectivity index (χ1) is 30.8. The Morgan fingerprint density at radius 2 is 1.00 bits per heavy atom. The molecule has 2 aromatic heterocycles. The minimum atomic E-state index is -0.927. The van der Waals surface area contributed by atoms with E-state index >= 15 is 0 Å². The van der Waals surface area contributed by atoms with Crippen molar-refractivity contribution >= 4 is 54.5 Å². The van der Waals surface area contributed by atoms with Crippen LogP contribution in [0.25, 0.3) is 88.0 Å². The maximum Gasteiger partial charge on any atom is 0.146 e. The van der Waals surface area contributed by atoms with Gasteiger partial charge in [0.25, 0.3) is 0 Å². The van der Waals surface area contributed by atoms with Gasteiger partial charge in [0.05, 0.1) is 38.3 Å². The summed E-state index contributed by atoms with van der Waals surface area (Å²) < 4.78 is 224. The maximum atomic E-state index is 9.39. The first-order valence-corrected chi connectivity index (χ1v) is 12.3. The highest BCUT2D eigenvalue weighted by atomic mass is 16.3. The summed E-state index contributed by atoms with van der Waals surface area (Å²) in [6.07, 6.45) is 0. The van der Waals surface area contributed by atoms with Gasteiger partial charge in [0.2, 0.25) is 0 Å². The summed E-state index contributed by atoms with van der Waals surface area (Å²) in [6.45, 7) is 0. The minimum Gasteiger partial charge on any atom is -0.455 e. The van der Waals surface area contributed by atoms with Gasteiger partial charge < -0.3 is 8.83 Å². The van der Waals surface area contributed by atoms with E-state index < -0.39 is 228 Å². The lowest BCUT2D eigenvalue weighted by atomic mass is 9.85. The molecular formula is C40H24O2. The summed E-state index contributed by atoms with van der Waals surface area (Å²) in [5.41, 5.74) is -4.88. The van der Waals surface area contributed by atoms with Crippen LogP contribution in [0.5, 0.6) is 0 Å². The summed E-state index contributed by atoms with van der Waals surface area (Å²) in [5.74, 6) is -0.640. The van der Waals surface area contributed by atoms with Crippen LogP contribution in [0.1, 0.15) is 32.9 Å². The monoisotopic (exact) mass is 560 g/mol. The van der Waals surface area contributed by atoms with Gasteiger partial charge in [0.15, 0.2) is 0 Å². The Labute approximate surface area is 275 Å². The van der Waals surface area contributed by atoms with Crippen LogP contribution in [0, 0.1) is 0 Å². The molecule has 2 heteroatoms. The fraction of sp³-hybridized carbons (Fsp3) is 0. The summed E-state index contributed by atoms with van der Waals surface area (Å²) in [4.78, 5) is 0. The molecule has 9 rings (SSSR count). The normalized spacial score (nSPS) is 19.8. The second-order valence-corrected chi connectivity index (χ2v) is 9.02. The summed E-state index contributed by atoms with van der Waals surface area (Å²) >= 11 is 0. The van der Waals surface area contributed by atoms with Crippen LogP contribution >= 0.6 is 0 Å². The first-order valence-electron chi connectivity index (χ1n) is 24.3. The van der Waals surface area contributed by atoms with Gasteiger partial charge >= 0.3 is 0 Å². The van der Waals surface area contributed by atoms with Gasteiger partial charge in [0.1, 0.15) is 22.5 Å². The topological polar surface area (TPSA) is 26.3 Å². The number of para-hydroxylation sites is 1. The highest BCUT2D eigenvalue weighted by molar-refractivity contribution is 6.25. The second-order valence-electron chi connectivity index (χ2n) is 9.02. The van der Waals surface area contributed by atoms with Crippen molar-refractivity contribution in [1.82, 2.24) is 0 Å². The van der Waals surface area contributed by atoms with Crippen molar-refractivity contribution in [2.45, 2.75) is 0 Å². The van der Waals surface area contributed by atoms with Crippen molar-refractivity contribution in [2.75, 3.05) is 0 Å². The van der Waals surface area contributed by atoms with E-state index in [0.29, 0.717) is 0 Å². The van der Waals surface area contributed by atoms with E-state index in [-0.39, 0.29) is 5.39 Å². The van der Waals surface area contributed by atoms with Gasteiger partial charge in [-0.15, -0.1) is 0 Å². The van der Waals surface area contributed by atoms with Gasteiger partial charge in [-0.05, 0) is 50.8 Å². The molecule has 0 spiro atoms. The van der Waals surface area contributed by atoms with Crippen LogP contribution in [0.3, 0.4) is 0 Å². The van der Waals surface area contributed by atoms with Crippen LogP contribution in [-0.4, -0.2) is 0 Å². The van der Waals surface area contributed by atoms with E-state index in [1.54, 1.807) is 0 Å². The molecule has 9 aromatic rings. The smallest absolute Gasteiger partial charge is 0.146 e. The molecule has 0 bridgehead atoms. The Hall–Kier alpha value is -5.60. The molecule has 0 aliphatic rings. The van der Waals surface area contributed by atoms with Crippen LogP contribution in [0.2, 0.25) is 0 Å². The van der Waals surface area contributed by atoms with E-state index in [1.807, 2.05) is 0 Å². The average Bonchev–Trinajstić information content (AvgIpc) is 3.85. The molecule has 196 valence electrons. The number of rotatable bonds is 3. The van der Waals surface area contributed by atoms with Crippen molar-refractivity contribution in [3.8, 4) is 33.6 Å². The Morgan fingerprint density at radius 3 is 1.67 bits per heavy atom. The number of hydrogen-bond acceptors (Lipinski definition) is 2. The van der Waals surface area contributed by atoms with Crippen molar-refractivity contribution < 1.29 is 41.7 Å². The van der Waals surface area contributed by atoms with Crippen LogP contribution in [0.15, 0.2) is 154 Å². The third-order valence-electron chi connectivity index (χ3n) is 6.81. The fourth-order valence-electron chi connectivity index (χ4n) is 5.13. The van der Waals surface area contributed by atoms with Gasteiger partial charge in [0, 0.05) is 27.5 Å². The van der Waals surface area contributed by atoms with E-state index in [0.717, 1.165) is 0 Å². The number of furan rings is 2. The Balaban J connectivity index is 1.59. The molecule has 0 N–H and O–H groups in total. The molecule has 2 nitrogen and oxygen atoms in total. The van der Waals surface area contributed by atoms with Crippen molar-refractivity contribution in [1.29, 1.82) is 0 Å².